The SMILES string of the molecule is O=C1NCCCC1Cc1cc(Br)cc2c1OCC2. The quantitative estimate of drug-likeness (QED) is 0.911. The van der Waals surface area contributed by atoms with E-state index in [2.05, 4.69) is 33.4 Å². The van der Waals surface area contributed by atoms with Crippen molar-refractivity contribution in [3.63, 3.8) is 0 Å². The number of carbonyl (C=O) groups is 1. The number of amides is 1. The molecule has 0 spiro atoms. The molecule has 0 aliphatic carbocycles. The van der Waals surface area contributed by atoms with Crippen molar-refractivity contribution < 1.29 is 9.53 Å². The van der Waals surface area contributed by atoms with Crippen LogP contribution in [0.25, 0.3) is 0 Å². The molecule has 1 atom stereocenters. The fourth-order valence-corrected chi connectivity index (χ4v) is 3.35. The molecule has 0 aromatic heterocycles. The number of piperidine rings is 1. The van der Waals surface area contributed by atoms with Crippen LogP contribution in [0.3, 0.4) is 0 Å². The van der Waals surface area contributed by atoms with Gasteiger partial charge in [-0.2, -0.15) is 0 Å². The van der Waals surface area contributed by atoms with Crippen LogP contribution in [0.5, 0.6) is 5.75 Å². The summed E-state index contributed by atoms with van der Waals surface area (Å²) in [7, 11) is 0. The second kappa shape index (κ2) is 4.92. The number of benzene rings is 1. The Morgan fingerprint density at radius 1 is 1.44 bits per heavy atom. The molecule has 3 rings (SSSR count). The first-order valence-corrected chi connectivity index (χ1v) is 7.25. The number of hydrogen-bond acceptors (Lipinski definition) is 2. The van der Waals surface area contributed by atoms with E-state index in [0.717, 1.165) is 49.1 Å². The lowest BCUT2D eigenvalue weighted by Gasteiger charge is -2.22. The second-order valence-corrected chi connectivity index (χ2v) is 5.90. The lowest BCUT2D eigenvalue weighted by molar-refractivity contribution is -0.126. The number of fused-ring (bicyclic) bond motifs is 1. The normalized spacial score (nSPS) is 22.3. The zero-order valence-corrected chi connectivity index (χ0v) is 11.8. The Morgan fingerprint density at radius 2 is 2.33 bits per heavy atom. The van der Waals surface area contributed by atoms with Gasteiger partial charge >= 0.3 is 0 Å². The molecule has 1 aromatic rings. The lowest BCUT2D eigenvalue weighted by atomic mass is 9.90. The largest absolute Gasteiger partial charge is 0.493 e. The average molecular weight is 310 g/mol. The summed E-state index contributed by atoms with van der Waals surface area (Å²) < 4.78 is 6.79. The molecule has 2 heterocycles. The van der Waals surface area contributed by atoms with Gasteiger partial charge in [-0.3, -0.25) is 4.79 Å². The van der Waals surface area contributed by atoms with Gasteiger partial charge in [0.1, 0.15) is 5.75 Å². The van der Waals surface area contributed by atoms with E-state index in [4.69, 9.17) is 4.74 Å². The number of rotatable bonds is 2. The van der Waals surface area contributed by atoms with Gasteiger partial charge in [0.2, 0.25) is 5.91 Å². The third kappa shape index (κ3) is 2.26. The summed E-state index contributed by atoms with van der Waals surface area (Å²) in [4.78, 5) is 11.8. The van der Waals surface area contributed by atoms with Crippen molar-refractivity contribution >= 4 is 21.8 Å². The highest BCUT2D eigenvalue weighted by Crippen LogP contribution is 2.35. The van der Waals surface area contributed by atoms with Crippen LogP contribution in [0.4, 0.5) is 0 Å². The molecule has 18 heavy (non-hydrogen) atoms. The van der Waals surface area contributed by atoms with Gasteiger partial charge < -0.3 is 10.1 Å². The van der Waals surface area contributed by atoms with E-state index in [1.54, 1.807) is 0 Å². The Morgan fingerprint density at radius 3 is 3.17 bits per heavy atom. The Hall–Kier alpha value is -1.03. The molecule has 1 amide bonds. The van der Waals surface area contributed by atoms with Crippen molar-refractivity contribution in [3.8, 4) is 5.75 Å². The van der Waals surface area contributed by atoms with Crippen molar-refractivity contribution in [2.24, 2.45) is 5.92 Å². The summed E-state index contributed by atoms with van der Waals surface area (Å²) in [5.74, 6) is 1.30. The highest BCUT2D eigenvalue weighted by molar-refractivity contribution is 9.10. The molecule has 1 unspecified atom stereocenters. The Labute approximate surface area is 115 Å². The van der Waals surface area contributed by atoms with E-state index in [1.165, 1.54) is 11.1 Å². The molecular weight excluding hydrogens is 294 g/mol. The van der Waals surface area contributed by atoms with Crippen molar-refractivity contribution in [1.29, 1.82) is 0 Å². The first-order valence-electron chi connectivity index (χ1n) is 6.46. The van der Waals surface area contributed by atoms with Crippen LogP contribution < -0.4 is 10.1 Å². The van der Waals surface area contributed by atoms with Crippen LogP contribution in [0, 0.1) is 5.92 Å². The van der Waals surface area contributed by atoms with Crippen molar-refractivity contribution in [1.82, 2.24) is 5.32 Å². The molecular formula is C14H16BrNO2. The number of carbonyl (C=O) groups excluding carboxylic acids is 1. The smallest absolute Gasteiger partial charge is 0.223 e. The van der Waals surface area contributed by atoms with Crippen LogP contribution in [0.1, 0.15) is 24.0 Å². The maximum Gasteiger partial charge on any atom is 0.223 e. The number of ether oxygens (including phenoxy) is 1. The first kappa shape index (κ1) is 12.0. The number of hydrogen-bond donors (Lipinski definition) is 1. The molecule has 1 saturated heterocycles. The molecule has 4 heteroatoms. The molecule has 0 bridgehead atoms. The van der Waals surface area contributed by atoms with Crippen LogP contribution in [-0.2, 0) is 17.6 Å². The Kier molecular flexibility index (Phi) is 3.29. The summed E-state index contributed by atoms with van der Waals surface area (Å²) in [6, 6.07) is 4.21. The lowest BCUT2D eigenvalue weighted by Crippen LogP contribution is -2.37. The van der Waals surface area contributed by atoms with E-state index in [9.17, 15) is 4.79 Å². The Bertz CT molecular complexity index is 487. The maximum absolute atomic E-state index is 11.8. The highest BCUT2D eigenvalue weighted by Gasteiger charge is 2.25. The van der Waals surface area contributed by atoms with Gasteiger partial charge in [-0.25, -0.2) is 0 Å². The van der Waals surface area contributed by atoms with Crippen molar-refractivity contribution in [2.45, 2.75) is 25.7 Å². The van der Waals surface area contributed by atoms with Gasteiger partial charge in [0.25, 0.3) is 0 Å². The molecule has 3 nitrogen and oxygen atoms in total. The standard InChI is InChI=1S/C14H16BrNO2/c15-12-7-9-3-5-18-13(9)11(8-12)6-10-2-1-4-16-14(10)17/h7-8,10H,1-6H2,(H,16,17). The minimum atomic E-state index is 0.0985. The molecule has 1 fully saturated rings. The minimum Gasteiger partial charge on any atom is -0.493 e. The van der Waals surface area contributed by atoms with Gasteiger partial charge in [-0.05, 0) is 42.5 Å². The monoisotopic (exact) mass is 309 g/mol. The van der Waals surface area contributed by atoms with E-state index < -0.39 is 0 Å². The molecule has 2 aliphatic rings. The first-order chi connectivity index (χ1) is 8.74. The third-order valence-electron chi connectivity index (χ3n) is 3.69. The number of halogens is 1. The zero-order chi connectivity index (χ0) is 12.5. The number of nitrogens with one attached hydrogen (secondary N) is 1. The summed E-state index contributed by atoms with van der Waals surface area (Å²) in [6.45, 7) is 1.58. The van der Waals surface area contributed by atoms with Gasteiger partial charge in [-0.1, -0.05) is 15.9 Å². The van der Waals surface area contributed by atoms with E-state index in [1.807, 2.05) is 0 Å². The fourth-order valence-electron chi connectivity index (χ4n) is 2.79. The second-order valence-electron chi connectivity index (χ2n) is 4.99. The molecule has 0 radical (unpaired) electrons. The van der Waals surface area contributed by atoms with Gasteiger partial charge in [-0.15, -0.1) is 0 Å². The summed E-state index contributed by atoms with van der Waals surface area (Å²) in [5, 5.41) is 2.94. The fraction of sp³-hybridized carbons (Fsp3) is 0.500. The highest BCUT2D eigenvalue weighted by atomic mass is 79.9. The molecule has 2 aliphatic heterocycles. The van der Waals surface area contributed by atoms with Crippen molar-refractivity contribution in [2.75, 3.05) is 13.2 Å². The molecule has 1 N–H and O–H groups in total. The van der Waals surface area contributed by atoms with Gasteiger partial charge in [0.15, 0.2) is 0 Å². The predicted octanol–water partition coefficient (Wildman–Crippen LogP) is 2.45. The van der Waals surface area contributed by atoms with Crippen LogP contribution in [-0.4, -0.2) is 19.1 Å². The minimum absolute atomic E-state index is 0.0985. The third-order valence-corrected chi connectivity index (χ3v) is 4.15. The van der Waals surface area contributed by atoms with E-state index >= 15 is 0 Å². The van der Waals surface area contributed by atoms with Gasteiger partial charge in [0, 0.05) is 23.4 Å². The molecule has 96 valence electrons. The maximum atomic E-state index is 11.8. The predicted molar refractivity (Wildman–Crippen MR) is 72.8 cm³/mol. The van der Waals surface area contributed by atoms with E-state index in [0.29, 0.717) is 0 Å². The van der Waals surface area contributed by atoms with Crippen LogP contribution >= 0.6 is 15.9 Å². The molecule has 0 saturated carbocycles. The summed E-state index contributed by atoms with van der Waals surface area (Å²) in [6.07, 6.45) is 3.81. The molecule has 1 aromatic carbocycles. The summed E-state index contributed by atoms with van der Waals surface area (Å²) in [5.41, 5.74) is 2.43. The topological polar surface area (TPSA) is 38.3 Å². The summed E-state index contributed by atoms with van der Waals surface area (Å²) >= 11 is 3.54. The average Bonchev–Trinajstić information content (AvgIpc) is 2.80. The Balaban J connectivity index is 1.86. The van der Waals surface area contributed by atoms with Crippen LogP contribution in [0.2, 0.25) is 0 Å². The van der Waals surface area contributed by atoms with Crippen LogP contribution in [0.15, 0.2) is 16.6 Å². The van der Waals surface area contributed by atoms with Gasteiger partial charge in [0.05, 0.1) is 6.61 Å². The van der Waals surface area contributed by atoms with E-state index in [-0.39, 0.29) is 11.8 Å². The zero-order valence-electron chi connectivity index (χ0n) is 10.2. The van der Waals surface area contributed by atoms with Crippen molar-refractivity contribution in [3.05, 3.63) is 27.7 Å².